The molecule has 19 heavy (non-hydrogen) atoms. The van der Waals surface area contributed by atoms with Gasteiger partial charge in [0.15, 0.2) is 0 Å². The van der Waals surface area contributed by atoms with E-state index in [2.05, 4.69) is 62.2 Å². The van der Waals surface area contributed by atoms with Crippen molar-refractivity contribution in [3.8, 4) is 0 Å². The minimum atomic E-state index is 0.447. The Morgan fingerprint density at radius 1 is 1.05 bits per heavy atom. The van der Waals surface area contributed by atoms with Crippen LogP contribution >= 0.6 is 0 Å². The lowest BCUT2D eigenvalue weighted by Crippen LogP contribution is -2.35. The second-order valence-electron chi connectivity index (χ2n) is 5.10. The summed E-state index contributed by atoms with van der Waals surface area (Å²) >= 11 is 0. The zero-order valence-electron chi connectivity index (χ0n) is 13.1. The highest BCUT2D eigenvalue weighted by molar-refractivity contribution is 5.25. The van der Waals surface area contributed by atoms with E-state index in [-0.39, 0.29) is 0 Å². The summed E-state index contributed by atoms with van der Waals surface area (Å²) in [5.41, 5.74) is 2.83. The van der Waals surface area contributed by atoms with Crippen molar-refractivity contribution in [2.24, 2.45) is 0 Å². The normalized spacial score (nSPS) is 12.9. The van der Waals surface area contributed by atoms with Crippen LogP contribution in [0.1, 0.15) is 51.3 Å². The fourth-order valence-corrected chi connectivity index (χ4v) is 2.47. The maximum Gasteiger partial charge on any atom is 0.0449 e. The Balaban J connectivity index is 2.74. The topological polar surface area (TPSA) is 15.3 Å². The quantitative estimate of drug-likeness (QED) is 0.731. The molecule has 108 valence electrons. The molecule has 1 unspecified atom stereocenters. The van der Waals surface area contributed by atoms with Crippen molar-refractivity contribution in [2.75, 3.05) is 26.2 Å². The molecular formula is C17H30N2. The molecule has 0 fully saturated rings. The maximum atomic E-state index is 3.62. The largest absolute Gasteiger partial charge is 0.309 e. The molecule has 0 spiro atoms. The van der Waals surface area contributed by atoms with Crippen LogP contribution in [0.5, 0.6) is 0 Å². The summed E-state index contributed by atoms with van der Waals surface area (Å²) in [6.07, 6.45) is 2.34. The third-order valence-corrected chi connectivity index (χ3v) is 3.67. The van der Waals surface area contributed by atoms with Gasteiger partial charge in [0.1, 0.15) is 0 Å². The Morgan fingerprint density at radius 3 is 2.21 bits per heavy atom. The molecule has 0 aromatic heterocycles. The molecule has 2 heteroatoms. The summed E-state index contributed by atoms with van der Waals surface area (Å²) in [6, 6.07) is 9.53. The summed E-state index contributed by atoms with van der Waals surface area (Å²) in [5, 5.41) is 3.62. The number of benzene rings is 1. The van der Waals surface area contributed by atoms with E-state index < -0.39 is 0 Å². The Kier molecular flexibility index (Phi) is 7.76. The van der Waals surface area contributed by atoms with Gasteiger partial charge in [0.05, 0.1) is 0 Å². The number of likely N-dealkylation sites (N-methyl/N-ethyl adjacent to an activating group) is 2. The van der Waals surface area contributed by atoms with Crippen LogP contribution in [0.4, 0.5) is 0 Å². The molecule has 0 radical (unpaired) electrons. The first-order valence-corrected chi connectivity index (χ1v) is 7.79. The number of hydrogen-bond donors (Lipinski definition) is 1. The molecule has 1 atom stereocenters. The smallest absolute Gasteiger partial charge is 0.0449 e. The zero-order chi connectivity index (χ0) is 14.1. The molecule has 0 aliphatic rings. The summed E-state index contributed by atoms with van der Waals surface area (Å²) in [6.45, 7) is 13.3. The van der Waals surface area contributed by atoms with E-state index in [0.717, 1.165) is 26.1 Å². The number of rotatable bonds is 9. The number of aryl methyl sites for hydroxylation is 1. The van der Waals surface area contributed by atoms with Gasteiger partial charge in [0.2, 0.25) is 0 Å². The van der Waals surface area contributed by atoms with E-state index in [4.69, 9.17) is 0 Å². The summed E-state index contributed by atoms with van der Waals surface area (Å²) in [7, 11) is 0. The van der Waals surface area contributed by atoms with Crippen molar-refractivity contribution < 1.29 is 0 Å². The van der Waals surface area contributed by atoms with E-state index in [0.29, 0.717) is 6.04 Å². The van der Waals surface area contributed by atoms with Gasteiger partial charge in [0.25, 0.3) is 0 Å². The highest BCUT2D eigenvalue weighted by atomic mass is 15.1. The highest BCUT2D eigenvalue weighted by Crippen LogP contribution is 2.16. The predicted octanol–water partition coefficient (Wildman–Crippen LogP) is 3.63. The van der Waals surface area contributed by atoms with E-state index >= 15 is 0 Å². The Morgan fingerprint density at radius 2 is 1.74 bits per heavy atom. The molecule has 0 bridgehead atoms. The van der Waals surface area contributed by atoms with Crippen molar-refractivity contribution >= 4 is 0 Å². The lowest BCUT2D eigenvalue weighted by Gasteiger charge is -2.27. The van der Waals surface area contributed by atoms with Gasteiger partial charge in [-0.3, -0.25) is 0 Å². The standard InChI is InChI=1S/C17H30N2/c1-5-13-19(8-4)14-17(18-7-3)16-11-9-15(6-2)10-12-16/h9-12,17-18H,5-8,13-14H2,1-4H3. The van der Waals surface area contributed by atoms with Crippen LogP contribution in [0.3, 0.4) is 0 Å². The van der Waals surface area contributed by atoms with Crippen LogP contribution < -0.4 is 5.32 Å². The van der Waals surface area contributed by atoms with Gasteiger partial charge in [-0.2, -0.15) is 0 Å². The van der Waals surface area contributed by atoms with Crippen LogP contribution in [0.2, 0.25) is 0 Å². The first-order chi connectivity index (χ1) is 9.24. The van der Waals surface area contributed by atoms with Gasteiger partial charge in [-0.1, -0.05) is 52.0 Å². The van der Waals surface area contributed by atoms with Gasteiger partial charge in [0, 0.05) is 12.6 Å². The molecule has 1 aromatic carbocycles. The summed E-state index contributed by atoms with van der Waals surface area (Å²) < 4.78 is 0. The molecule has 0 aliphatic carbocycles. The lowest BCUT2D eigenvalue weighted by molar-refractivity contribution is 0.255. The SMILES string of the molecule is CCCN(CC)CC(NCC)c1ccc(CC)cc1. The molecule has 0 saturated carbocycles. The summed E-state index contributed by atoms with van der Waals surface area (Å²) in [5.74, 6) is 0. The van der Waals surface area contributed by atoms with Gasteiger partial charge in [-0.25, -0.2) is 0 Å². The zero-order valence-corrected chi connectivity index (χ0v) is 13.1. The molecule has 0 heterocycles. The molecule has 0 saturated heterocycles. The van der Waals surface area contributed by atoms with Crippen molar-refractivity contribution in [3.05, 3.63) is 35.4 Å². The Hall–Kier alpha value is -0.860. The third kappa shape index (κ3) is 5.33. The number of hydrogen-bond acceptors (Lipinski definition) is 2. The van der Waals surface area contributed by atoms with E-state index in [1.165, 1.54) is 24.1 Å². The van der Waals surface area contributed by atoms with E-state index in [9.17, 15) is 0 Å². The van der Waals surface area contributed by atoms with Crippen molar-refractivity contribution in [1.82, 2.24) is 10.2 Å². The van der Waals surface area contributed by atoms with Gasteiger partial charge >= 0.3 is 0 Å². The second-order valence-corrected chi connectivity index (χ2v) is 5.10. The van der Waals surface area contributed by atoms with E-state index in [1.807, 2.05) is 0 Å². The van der Waals surface area contributed by atoms with Crippen molar-refractivity contribution in [3.63, 3.8) is 0 Å². The van der Waals surface area contributed by atoms with E-state index in [1.54, 1.807) is 0 Å². The molecule has 1 rings (SSSR count). The lowest BCUT2D eigenvalue weighted by atomic mass is 10.0. The van der Waals surface area contributed by atoms with Crippen LogP contribution in [0.25, 0.3) is 0 Å². The second kappa shape index (κ2) is 9.11. The van der Waals surface area contributed by atoms with Crippen LogP contribution in [-0.4, -0.2) is 31.1 Å². The van der Waals surface area contributed by atoms with Gasteiger partial charge in [-0.05, 0) is 43.6 Å². The molecule has 0 aliphatic heterocycles. The minimum absolute atomic E-state index is 0.447. The van der Waals surface area contributed by atoms with Crippen LogP contribution in [0.15, 0.2) is 24.3 Å². The highest BCUT2D eigenvalue weighted by Gasteiger charge is 2.13. The molecule has 1 aromatic rings. The predicted molar refractivity (Wildman–Crippen MR) is 84.6 cm³/mol. The third-order valence-electron chi connectivity index (χ3n) is 3.67. The molecule has 2 nitrogen and oxygen atoms in total. The minimum Gasteiger partial charge on any atom is -0.309 e. The van der Waals surface area contributed by atoms with Crippen molar-refractivity contribution in [2.45, 2.75) is 46.6 Å². The summed E-state index contributed by atoms with van der Waals surface area (Å²) in [4.78, 5) is 2.53. The Bertz CT molecular complexity index is 332. The average molecular weight is 262 g/mol. The average Bonchev–Trinajstić information content (AvgIpc) is 2.46. The first kappa shape index (κ1) is 16.2. The van der Waals surface area contributed by atoms with Crippen molar-refractivity contribution in [1.29, 1.82) is 0 Å². The van der Waals surface area contributed by atoms with Gasteiger partial charge < -0.3 is 10.2 Å². The molecule has 0 amide bonds. The van der Waals surface area contributed by atoms with Gasteiger partial charge in [-0.15, -0.1) is 0 Å². The number of nitrogens with zero attached hydrogens (tertiary/aromatic N) is 1. The molecular weight excluding hydrogens is 232 g/mol. The first-order valence-electron chi connectivity index (χ1n) is 7.79. The maximum absolute atomic E-state index is 3.62. The van der Waals surface area contributed by atoms with Crippen LogP contribution in [0, 0.1) is 0 Å². The van der Waals surface area contributed by atoms with Crippen LogP contribution in [-0.2, 0) is 6.42 Å². The monoisotopic (exact) mass is 262 g/mol. The fourth-order valence-electron chi connectivity index (χ4n) is 2.47. The Labute approximate surface area is 119 Å². The fraction of sp³-hybridized carbons (Fsp3) is 0.647. The molecule has 1 N–H and O–H groups in total. The number of nitrogens with one attached hydrogen (secondary N) is 1.